The van der Waals surface area contributed by atoms with E-state index in [9.17, 15) is 5.11 Å². The van der Waals surface area contributed by atoms with Gasteiger partial charge < -0.3 is 9.84 Å². The summed E-state index contributed by atoms with van der Waals surface area (Å²) in [6.07, 6.45) is 1.22. The van der Waals surface area contributed by atoms with Crippen LogP contribution in [-0.4, -0.2) is 23.9 Å². The molecule has 0 aromatic heterocycles. The van der Waals surface area contributed by atoms with Gasteiger partial charge >= 0.3 is 0 Å². The summed E-state index contributed by atoms with van der Waals surface area (Å²) < 4.78 is 5.34. The fourth-order valence-electron chi connectivity index (χ4n) is 1.57. The molecule has 0 bridgehead atoms. The maximum atomic E-state index is 9.79. The van der Waals surface area contributed by atoms with Gasteiger partial charge in [0.15, 0.2) is 0 Å². The number of aliphatic hydroxyl groups is 1. The maximum absolute atomic E-state index is 9.79. The highest BCUT2D eigenvalue weighted by Gasteiger charge is 2.13. The lowest BCUT2D eigenvalue weighted by Crippen LogP contribution is -2.26. The minimum Gasteiger partial charge on any atom is -0.390 e. The highest BCUT2D eigenvalue weighted by molar-refractivity contribution is 5.14. The molecule has 1 rings (SSSR count). The van der Waals surface area contributed by atoms with Crippen LogP contribution in [0.4, 0.5) is 0 Å². The first-order valence-corrected chi connectivity index (χ1v) is 5.57. The van der Waals surface area contributed by atoms with Crippen LogP contribution >= 0.6 is 0 Å². The van der Waals surface area contributed by atoms with E-state index in [0.29, 0.717) is 6.61 Å². The molecule has 2 atom stereocenters. The van der Waals surface area contributed by atoms with Crippen molar-refractivity contribution in [1.82, 2.24) is 0 Å². The molecule has 0 saturated heterocycles. The van der Waals surface area contributed by atoms with Crippen LogP contribution in [0.1, 0.15) is 25.8 Å². The molecule has 0 aliphatic rings. The van der Waals surface area contributed by atoms with Gasteiger partial charge in [-0.2, -0.15) is 0 Å². The fraction of sp³-hybridized carbons (Fsp3) is 0.538. The van der Waals surface area contributed by atoms with E-state index >= 15 is 0 Å². The van der Waals surface area contributed by atoms with Crippen molar-refractivity contribution in [2.75, 3.05) is 6.61 Å². The van der Waals surface area contributed by atoms with Crippen LogP contribution in [0.5, 0.6) is 0 Å². The number of rotatable bonds is 6. The lowest BCUT2D eigenvalue weighted by atomic mass is 10.0. The van der Waals surface area contributed by atoms with E-state index < -0.39 is 0 Å². The van der Waals surface area contributed by atoms with Gasteiger partial charge in [0.25, 0.3) is 0 Å². The van der Waals surface area contributed by atoms with Gasteiger partial charge in [0.1, 0.15) is 0 Å². The summed E-state index contributed by atoms with van der Waals surface area (Å²) in [7, 11) is 0. The summed E-state index contributed by atoms with van der Waals surface area (Å²) >= 11 is 0. The van der Waals surface area contributed by atoms with Crippen molar-refractivity contribution in [2.24, 2.45) is 0 Å². The van der Waals surface area contributed by atoms with Crippen LogP contribution in [-0.2, 0) is 11.2 Å². The highest BCUT2D eigenvalue weighted by Crippen LogP contribution is 2.09. The van der Waals surface area contributed by atoms with Crippen molar-refractivity contribution >= 4 is 0 Å². The van der Waals surface area contributed by atoms with Crippen molar-refractivity contribution < 1.29 is 9.84 Å². The molecule has 1 N–H and O–H groups in total. The quantitative estimate of drug-likeness (QED) is 0.778. The maximum Gasteiger partial charge on any atom is 0.0805 e. The lowest BCUT2D eigenvalue weighted by Gasteiger charge is -2.18. The molecule has 0 aliphatic carbocycles. The average Bonchev–Trinajstić information content (AvgIpc) is 2.27. The molecule has 1 aromatic carbocycles. The second kappa shape index (κ2) is 6.59. The number of aliphatic hydroxyl groups excluding tert-OH is 1. The molecular formula is C13H20O2. The zero-order valence-corrected chi connectivity index (χ0v) is 9.52. The monoisotopic (exact) mass is 208 g/mol. The Bertz CT molecular complexity index is 258. The minimum absolute atomic E-state index is 0.0706. The molecule has 0 amide bonds. The van der Waals surface area contributed by atoms with E-state index in [1.54, 1.807) is 0 Å². The summed E-state index contributed by atoms with van der Waals surface area (Å²) in [5.41, 5.74) is 1.26. The highest BCUT2D eigenvalue weighted by atomic mass is 16.5. The Morgan fingerprint density at radius 3 is 2.53 bits per heavy atom. The van der Waals surface area contributed by atoms with Crippen LogP contribution in [0.15, 0.2) is 30.3 Å². The van der Waals surface area contributed by atoms with Crippen molar-refractivity contribution in [3.8, 4) is 0 Å². The summed E-state index contributed by atoms with van der Waals surface area (Å²) in [5.74, 6) is 0. The second-order valence-electron chi connectivity index (χ2n) is 3.75. The molecule has 2 unspecified atom stereocenters. The molecule has 0 radical (unpaired) electrons. The standard InChI is InChI=1S/C13H20O2/c1-3-15-11(2)13(14)10-9-12-7-5-4-6-8-12/h4-8,11,13-14H,3,9-10H2,1-2H3. The van der Waals surface area contributed by atoms with Gasteiger partial charge in [0, 0.05) is 6.61 Å². The van der Waals surface area contributed by atoms with Crippen LogP contribution in [0.25, 0.3) is 0 Å². The van der Waals surface area contributed by atoms with E-state index in [1.807, 2.05) is 32.0 Å². The van der Waals surface area contributed by atoms with Crippen LogP contribution in [0, 0.1) is 0 Å². The number of hydrogen-bond donors (Lipinski definition) is 1. The minimum atomic E-state index is -0.370. The Morgan fingerprint density at radius 2 is 1.93 bits per heavy atom. The van der Waals surface area contributed by atoms with Crippen molar-refractivity contribution in [3.63, 3.8) is 0 Å². The Hall–Kier alpha value is -0.860. The first-order chi connectivity index (χ1) is 7.24. The topological polar surface area (TPSA) is 29.5 Å². The third kappa shape index (κ3) is 4.45. The van der Waals surface area contributed by atoms with E-state index in [-0.39, 0.29) is 12.2 Å². The van der Waals surface area contributed by atoms with Gasteiger partial charge in [-0.05, 0) is 32.3 Å². The molecule has 0 saturated carbocycles. The molecule has 1 aromatic rings. The molecular weight excluding hydrogens is 188 g/mol. The van der Waals surface area contributed by atoms with Crippen molar-refractivity contribution in [1.29, 1.82) is 0 Å². The van der Waals surface area contributed by atoms with E-state index in [4.69, 9.17) is 4.74 Å². The molecule has 0 aliphatic heterocycles. The van der Waals surface area contributed by atoms with Crippen LogP contribution in [0.3, 0.4) is 0 Å². The van der Waals surface area contributed by atoms with Crippen molar-refractivity contribution in [3.05, 3.63) is 35.9 Å². The molecule has 0 fully saturated rings. The molecule has 2 nitrogen and oxygen atoms in total. The van der Waals surface area contributed by atoms with E-state index in [2.05, 4.69) is 12.1 Å². The van der Waals surface area contributed by atoms with Gasteiger partial charge in [-0.15, -0.1) is 0 Å². The fourth-order valence-corrected chi connectivity index (χ4v) is 1.57. The van der Waals surface area contributed by atoms with Gasteiger partial charge in [-0.3, -0.25) is 0 Å². The third-order valence-corrected chi connectivity index (χ3v) is 2.54. The molecule has 0 heterocycles. The van der Waals surface area contributed by atoms with E-state index in [0.717, 1.165) is 12.8 Å². The van der Waals surface area contributed by atoms with Gasteiger partial charge in [0.05, 0.1) is 12.2 Å². The average molecular weight is 208 g/mol. The normalized spacial score (nSPS) is 14.9. The van der Waals surface area contributed by atoms with Crippen molar-refractivity contribution in [2.45, 2.75) is 38.9 Å². The van der Waals surface area contributed by atoms with Crippen LogP contribution in [0.2, 0.25) is 0 Å². The Morgan fingerprint density at radius 1 is 1.27 bits per heavy atom. The predicted molar refractivity (Wildman–Crippen MR) is 61.9 cm³/mol. The largest absolute Gasteiger partial charge is 0.390 e. The Labute approximate surface area is 91.9 Å². The van der Waals surface area contributed by atoms with Gasteiger partial charge in [-0.1, -0.05) is 30.3 Å². The number of ether oxygens (including phenoxy) is 1. The molecule has 84 valence electrons. The summed E-state index contributed by atoms with van der Waals surface area (Å²) in [6.45, 7) is 4.52. The molecule has 2 heteroatoms. The molecule has 0 spiro atoms. The van der Waals surface area contributed by atoms with Gasteiger partial charge in [0.2, 0.25) is 0 Å². The molecule has 15 heavy (non-hydrogen) atoms. The van der Waals surface area contributed by atoms with Gasteiger partial charge in [-0.25, -0.2) is 0 Å². The van der Waals surface area contributed by atoms with Crippen LogP contribution < -0.4 is 0 Å². The first-order valence-electron chi connectivity index (χ1n) is 5.57. The zero-order valence-electron chi connectivity index (χ0n) is 9.52. The Kier molecular flexibility index (Phi) is 5.37. The Balaban J connectivity index is 2.31. The SMILES string of the molecule is CCOC(C)C(O)CCc1ccccc1. The summed E-state index contributed by atoms with van der Waals surface area (Å²) in [6, 6.07) is 10.2. The number of aryl methyl sites for hydroxylation is 1. The summed E-state index contributed by atoms with van der Waals surface area (Å²) in [5, 5.41) is 9.79. The smallest absolute Gasteiger partial charge is 0.0805 e. The number of benzene rings is 1. The number of hydrogen-bond acceptors (Lipinski definition) is 2. The third-order valence-electron chi connectivity index (χ3n) is 2.54. The summed E-state index contributed by atoms with van der Waals surface area (Å²) in [4.78, 5) is 0. The second-order valence-corrected chi connectivity index (χ2v) is 3.75. The zero-order chi connectivity index (χ0) is 11.1. The first kappa shape index (κ1) is 12.2. The lowest BCUT2D eigenvalue weighted by molar-refractivity contribution is -0.0245. The van der Waals surface area contributed by atoms with E-state index in [1.165, 1.54) is 5.56 Å². The predicted octanol–water partition coefficient (Wildman–Crippen LogP) is 2.41.